The second kappa shape index (κ2) is 7.70. The zero-order valence-corrected chi connectivity index (χ0v) is 15.8. The molecule has 5 nitrogen and oxygen atoms in total. The summed E-state index contributed by atoms with van der Waals surface area (Å²) in [7, 11) is 0. The lowest BCUT2D eigenvalue weighted by Gasteiger charge is -2.09. The number of rotatable bonds is 5. The number of hydrogen-bond acceptors (Lipinski definition) is 4. The van der Waals surface area contributed by atoms with Gasteiger partial charge in [0.25, 0.3) is 5.91 Å². The summed E-state index contributed by atoms with van der Waals surface area (Å²) < 4.78 is 1.34. The molecule has 1 heterocycles. The maximum atomic E-state index is 12.5. The Morgan fingerprint density at radius 2 is 1.85 bits per heavy atom. The number of anilines is 1. The first-order chi connectivity index (χ1) is 12.5. The van der Waals surface area contributed by atoms with E-state index < -0.39 is 0 Å². The van der Waals surface area contributed by atoms with Crippen LogP contribution < -0.4 is 5.32 Å². The van der Waals surface area contributed by atoms with Gasteiger partial charge < -0.3 is 5.32 Å². The highest BCUT2D eigenvalue weighted by Gasteiger charge is 2.19. The first-order valence-corrected chi connectivity index (χ1v) is 8.89. The number of carbonyl (C=O) groups is 1. The van der Waals surface area contributed by atoms with E-state index in [0.29, 0.717) is 23.3 Å². The molecule has 3 aromatic rings. The van der Waals surface area contributed by atoms with Crippen molar-refractivity contribution in [2.24, 2.45) is 5.92 Å². The highest BCUT2D eigenvalue weighted by Crippen LogP contribution is 2.21. The van der Waals surface area contributed by atoms with Crippen LogP contribution in [-0.4, -0.2) is 20.7 Å². The molecule has 0 saturated carbocycles. The summed E-state index contributed by atoms with van der Waals surface area (Å²) in [5, 5.41) is 8.28. The van der Waals surface area contributed by atoms with Crippen molar-refractivity contribution in [3.05, 3.63) is 64.7 Å². The minimum Gasteiger partial charge on any atom is -0.350 e. The quantitative estimate of drug-likeness (QED) is 0.701. The number of benzene rings is 2. The molecular formula is C20H21ClN4O. The topological polar surface area (TPSA) is 59.8 Å². The lowest BCUT2D eigenvalue weighted by Crippen LogP contribution is -2.21. The molecule has 134 valence electrons. The summed E-state index contributed by atoms with van der Waals surface area (Å²) in [6, 6.07) is 15.5. The third-order valence-electron chi connectivity index (χ3n) is 4.01. The molecule has 0 amide bonds. The Balaban J connectivity index is 1.93. The van der Waals surface area contributed by atoms with Crippen LogP contribution >= 0.6 is 11.6 Å². The monoisotopic (exact) mass is 368 g/mol. The number of aromatic nitrogens is 3. The molecule has 1 N–H and O–H groups in total. The van der Waals surface area contributed by atoms with Crippen LogP contribution in [0.25, 0.3) is 11.4 Å². The summed E-state index contributed by atoms with van der Waals surface area (Å²) >= 11 is 6.21. The van der Waals surface area contributed by atoms with E-state index in [2.05, 4.69) is 15.4 Å². The third kappa shape index (κ3) is 3.94. The number of nitrogens with zero attached hydrogens (tertiary/aromatic N) is 3. The van der Waals surface area contributed by atoms with E-state index in [4.69, 9.17) is 11.6 Å². The van der Waals surface area contributed by atoms with Crippen molar-refractivity contribution in [1.82, 2.24) is 14.8 Å². The van der Waals surface area contributed by atoms with Gasteiger partial charge in [-0.25, -0.2) is 0 Å². The number of carbonyl (C=O) groups excluding carboxylic acids is 1. The molecule has 26 heavy (non-hydrogen) atoms. The van der Waals surface area contributed by atoms with Crippen molar-refractivity contribution in [2.75, 3.05) is 5.32 Å². The highest BCUT2D eigenvalue weighted by atomic mass is 35.5. The minimum atomic E-state index is -0.191. The van der Waals surface area contributed by atoms with Crippen LogP contribution in [0.1, 0.15) is 29.8 Å². The molecule has 0 unspecified atom stereocenters. The average Bonchev–Trinajstić information content (AvgIpc) is 3.05. The van der Waals surface area contributed by atoms with E-state index in [-0.39, 0.29) is 11.8 Å². The van der Waals surface area contributed by atoms with Gasteiger partial charge in [0, 0.05) is 23.0 Å². The van der Waals surface area contributed by atoms with E-state index in [0.717, 1.165) is 16.7 Å². The molecule has 0 aliphatic heterocycles. The fourth-order valence-corrected chi connectivity index (χ4v) is 2.67. The van der Waals surface area contributed by atoms with Crippen molar-refractivity contribution in [3.63, 3.8) is 0 Å². The van der Waals surface area contributed by atoms with Crippen LogP contribution in [0.3, 0.4) is 0 Å². The molecule has 0 bridgehead atoms. The molecule has 0 fully saturated rings. The summed E-state index contributed by atoms with van der Waals surface area (Å²) in [6.45, 7) is 6.16. The first kappa shape index (κ1) is 18.1. The van der Waals surface area contributed by atoms with Crippen molar-refractivity contribution < 1.29 is 4.79 Å². The Hall–Kier alpha value is -2.66. The summed E-state index contributed by atoms with van der Waals surface area (Å²) in [6.07, 6.45) is 0. The van der Waals surface area contributed by atoms with E-state index in [1.165, 1.54) is 4.68 Å². The molecule has 0 aliphatic rings. The fraction of sp³-hybridized carbons (Fsp3) is 0.250. The van der Waals surface area contributed by atoms with Gasteiger partial charge in [-0.05, 0) is 18.6 Å². The number of nitrogens with one attached hydrogen (secondary N) is 1. The minimum absolute atomic E-state index is 0.113. The normalized spacial score (nSPS) is 11.0. The largest absolute Gasteiger partial charge is 0.350 e. The van der Waals surface area contributed by atoms with Crippen LogP contribution in [0, 0.1) is 12.8 Å². The molecule has 0 radical (unpaired) electrons. The standard InChI is InChI=1S/C20H21ClN4O/c1-13(2)19(26)25-20(22-12-16-6-4-5-7-17(16)21)23-18(24-25)15-10-8-14(3)9-11-15/h4-11,13H,12H2,1-3H3,(H,22,23,24). The molecule has 0 aliphatic carbocycles. The van der Waals surface area contributed by atoms with Gasteiger partial charge in [-0.3, -0.25) is 4.79 Å². The lowest BCUT2D eigenvalue weighted by atomic mass is 10.1. The number of hydrogen-bond donors (Lipinski definition) is 1. The number of aryl methyl sites for hydroxylation is 1. The van der Waals surface area contributed by atoms with Gasteiger partial charge in [0.1, 0.15) is 0 Å². The second-order valence-corrected chi connectivity index (χ2v) is 6.88. The zero-order valence-electron chi connectivity index (χ0n) is 15.0. The van der Waals surface area contributed by atoms with Gasteiger partial charge in [-0.2, -0.15) is 9.67 Å². The van der Waals surface area contributed by atoms with Crippen molar-refractivity contribution in [3.8, 4) is 11.4 Å². The SMILES string of the molecule is Cc1ccc(-c2nc(NCc3ccccc3Cl)n(C(=O)C(C)C)n2)cc1. The molecule has 6 heteroatoms. The summed E-state index contributed by atoms with van der Waals surface area (Å²) in [5.41, 5.74) is 2.95. The lowest BCUT2D eigenvalue weighted by molar-refractivity contribution is 0.0841. The smallest absolute Gasteiger partial charge is 0.252 e. The first-order valence-electron chi connectivity index (χ1n) is 8.51. The van der Waals surface area contributed by atoms with E-state index >= 15 is 0 Å². The Kier molecular flexibility index (Phi) is 5.38. The van der Waals surface area contributed by atoms with Crippen LogP contribution in [0.15, 0.2) is 48.5 Å². The summed E-state index contributed by atoms with van der Waals surface area (Å²) in [4.78, 5) is 17.1. The zero-order chi connectivity index (χ0) is 18.7. The predicted molar refractivity (Wildman–Crippen MR) is 104 cm³/mol. The Morgan fingerprint density at radius 1 is 1.15 bits per heavy atom. The predicted octanol–water partition coefficient (Wildman–Crippen LogP) is 4.82. The molecule has 0 saturated heterocycles. The van der Waals surface area contributed by atoms with Crippen LogP contribution in [0.4, 0.5) is 5.95 Å². The average molecular weight is 369 g/mol. The van der Waals surface area contributed by atoms with E-state index in [9.17, 15) is 4.79 Å². The van der Waals surface area contributed by atoms with Crippen molar-refractivity contribution >= 4 is 23.5 Å². The van der Waals surface area contributed by atoms with E-state index in [1.54, 1.807) is 0 Å². The maximum absolute atomic E-state index is 12.5. The molecular weight excluding hydrogens is 348 g/mol. The highest BCUT2D eigenvalue weighted by molar-refractivity contribution is 6.31. The third-order valence-corrected chi connectivity index (χ3v) is 4.38. The van der Waals surface area contributed by atoms with Crippen LogP contribution in [0.5, 0.6) is 0 Å². The molecule has 0 atom stereocenters. The van der Waals surface area contributed by atoms with Gasteiger partial charge in [0.2, 0.25) is 5.95 Å². The van der Waals surface area contributed by atoms with E-state index in [1.807, 2.05) is 69.3 Å². The maximum Gasteiger partial charge on any atom is 0.252 e. The molecule has 2 aromatic carbocycles. The molecule has 1 aromatic heterocycles. The molecule has 0 spiro atoms. The Labute approximate surface area is 158 Å². The van der Waals surface area contributed by atoms with Gasteiger partial charge in [-0.1, -0.05) is 73.5 Å². The fourth-order valence-electron chi connectivity index (χ4n) is 2.47. The molecule has 3 rings (SSSR count). The Morgan fingerprint density at radius 3 is 2.50 bits per heavy atom. The van der Waals surface area contributed by atoms with Gasteiger partial charge >= 0.3 is 0 Å². The van der Waals surface area contributed by atoms with Gasteiger partial charge in [0.05, 0.1) is 0 Å². The van der Waals surface area contributed by atoms with Crippen LogP contribution in [-0.2, 0) is 6.54 Å². The van der Waals surface area contributed by atoms with Crippen molar-refractivity contribution in [2.45, 2.75) is 27.3 Å². The summed E-state index contributed by atoms with van der Waals surface area (Å²) in [5.74, 6) is 0.626. The second-order valence-electron chi connectivity index (χ2n) is 6.47. The number of halogens is 1. The van der Waals surface area contributed by atoms with Crippen molar-refractivity contribution in [1.29, 1.82) is 0 Å². The van der Waals surface area contributed by atoms with Gasteiger partial charge in [-0.15, -0.1) is 5.10 Å². The van der Waals surface area contributed by atoms with Gasteiger partial charge in [0.15, 0.2) is 5.82 Å². The Bertz CT molecular complexity index is 916. The van der Waals surface area contributed by atoms with Crippen LogP contribution in [0.2, 0.25) is 5.02 Å².